The van der Waals surface area contributed by atoms with Crippen LogP contribution in [0.3, 0.4) is 0 Å². The van der Waals surface area contributed by atoms with Gasteiger partial charge in [-0.2, -0.15) is 0 Å². The molecule has 6 nitrogen and oxygen atoms in total. The Hall–Kier alpha value is -2.71. The first-order valence-corrected chi connectivity index (χ1v) is 11.5. The predicted molar refractivity (Wildman–Crippen MR) is 112 cm³/mol. The molecule has 0 unspecified atom stereocenters. The predicted octanol–water partition coefficient (Wildman–Crippen LogP) is 3.29. The first-order chi connectivity index (χ1) is 13.2. The van der Waals surface area contributed by atoms with Gasteiger partial charge in [0.25, 0.3) is 0 Å². The minimum atomic E-state index is -3.30. The number of carbonyl (C=O) groups excluding carboxylic acids is 1. The van der Waals surface area contributed by atoms with Crippen LogP contribution in [0, 0.1) is 0 Å². The zero-order chi connectivity index (χ0) is 20.1. The summed E-state index contributed by atoms with van der Waals surface area (Å²) in [5, 5.41) is 2.76. The molecule has 0 saturated carbocycles. The van der Waals surface area contributed by atoms with E-state index in [1.54, 1.807) is 18.2 Å². The Kier molecular flexibility index (Phi) is 4.47. The van der Waals surface area contributed by atoms with Gasteiger partial charge in [0.05, 0.1) is 17.6 Å². The van der Waals surface area contributed by atoms with E-state index in [0.717, 1.165) is 33.1 Å². The van der Waals surface area contributed by atoms with Crippen LogP contribution in [0.4, 0.5) is 5.69 Å². The third kappa shape index (κ3) is 3.29. The van der Waals surface area contributed by atoms with Crippen molar-refractivity contribution in [3.05, 3.63) is 59.0 Å². The Labute approximate surface area is 167 Å². The minimum Gasteiger partial charge on any atom is -0.366 e. The fourth-order valence-corrected chi connectivity index (χ4v) is 5.70. The van der Waals surface area contributed by atoms with Crippen molar-refractivity contribution in [2.24, 2.45) is 5.73 Å². The number of sulfonamides is 1. The number of thiazole rings is 1. The number of hydrogen-bond donors (Lipinski definition) is 1. The lowest BCUT2D eigenvalue weighted by Gasteiger charge is -2.21. The van der Waals surface area contributed by atoms with Crippen molar-refractivity contribution in [1.29, 1.82) is 0 Å². The van der Waals surface area contributed by atoms with Crippen LogP contribution in [0.5, 0.6) is 0 Å². The van der Waals surface area contributed by atoms with Gasteiger partial charge in [-0.3, -0.25) is 9.10 Å². The molecule has 28 heavy (non-hydrogen) atoms. The topological polar surface area (TPSA) is 93.4 Å². The number of benzene rings is 2. The lowest BCUT2D eigenvalue weighted by Crippen LogP contribution is -2.34. The number of hydrogen-bond acceptors (Lipinski definition) is 5. The molecule has 2 heterocycles. The van der Waals surface area contributed by atoms with Gasteiger partial charge in [0, 0.05) is 28.1 Å². The van der Waals surface area contributed by atoms with Gasteiger partial charge >= 0.3 is 0 Å². The quantitative estimate of drug-likeness (QED) is 0.710. The number of fused-ring (bicyclic) bond motifs is 1. The van der Waals surface area contributed by atoms with Crippen molar-refractivity contribution in [3.8, 4) is 21.8 Å². The monoisotopic (exact) mass is 413 g/mol. The normalized spacial score (nSPS) is 16.2. The average Bonchev–Trinajstić information content (AvgIpc) is 3.24. The van der Waals surface area contributed by atoms with Crippen molar-refractivity contribution >= 4 is 33.0 Å². The summed E-state index contributed by atoms with van der Waals surface area (Å²) in [6.07, 6.45) is 1.91. The number of rotatable bonds is 4. The van der Waals surface area contributed by atoms with Gasteiger partial charge in [0.1, 0.15) is 5.01 Å². The van der Waals surface area contributed by atoms with E-state index in [2.05, 4.69) is 0 Å². The molecular weight excluding hydrogens is 394 g/mol. The van der Waals surface area contributed by atoms with Crippen LogP contribution in [0.1, 0.15) is 22.8 Å². The third-order valence-electron chi connectivity index (χ3n) is 4.78. The Morgan fingerprint density at radius 3 is 2.71 bits per heavy atom. The van der Waals surface area contributed by atoms with Gasteiger partial charge in [0.15, 0.2) is 0 Å². The molecule has 3 aromatic rings. The Morgan fingerprint density at radius 2 is 2.00 bits per heavy atom. The SMILES string of the molecule is C[C@H]1Cc2cc(-c3csc(-c4cccc(C(N)=O)c4)n3)ccc2N1S(C)(=O)=O. The lowest BCUT2D eigenvalue weighted by atomic mass is 10.1. The highest BCUT2D eigenvalue weighted by Gasteiger charge is 2.32. The Bertz CT molecular complexity index is 1180. The number of amides is 1. The maximum absolute atomic E-state index is 12.1. The molecule has 0 saturated heterocycles. The summed E-state index contributed by atoms with van der Waals surface area (Å²) in [4.78, 5) is 16.1. The van der Waals surface area contributed by atoms with Crippen molar-refractivity contribution < 1.29 is 13.2 Å². The number of nitrogens with zero attached hydrogens (tertiary/aromatic N) is 2. The van der Waals surface area contributed by atoms with Crippen LogP contribution >= 0.6 is 11.3 Å². The van der Waals surface area contributed by atoms with Crippen LogP contribution in [0.25, 0.3) is 21.8 Å². The largest absolute Gasteiger partial charge is 0.366 e. The van der Waals surface area contributed by atoms with E-state index >= 15 is 0 Å². The molecule has 0 spiro atoms. The van der Waals surface area contributed by atoms with Crippen LogP contribution in [-0.2, 0) is 16.4 Å². The fourth-order valence-electron chi connectivity index (χ4n) is 3.61. The van der Waals surface area contributed by atoms with E-state index in [1.807, 2.05) is 36.6 Å². The van der Waals surface area contributed by atoms with Crippen molar-refractivity contribution in [2.45, 2.75) is 19.4 Å². The highest BCUT2D eigenvalue weighted by atomic mass is 32.2. The smallest absolute Gasteiger partial charge is 0.248 e. The number of nitrogens with two attached hydrogens (primary N) is 1. The summed E-state index contributed by atoms with van der Waals surface area (Å²) in [7, 11) is -3.30. The molecule has 1 aliphatic heterocycles. The van der Waals surface area contributed by atoms with Gasteiger partial charge in [-0.15, -0.1) is 11.3 Å². The van der Waals surface area contributed by atoms with E-state index < -0.39 is 15.9 Å². The van der Waals surface area contributed by atoms with E-state index in [1.165, 1.54) is 21.9 Å². The lowest BCUT2D eigenvalue weighted by molar-refractivity contribution is 0.100. The molecule has 144 valence electrons. The summed E-state index contributed by atoms with van der Waals surface area (Å²) in [6.45, 7) is 1.91. The summed E-state index contributed by atoms with van der Waals surface area (Å²) in [5.74, 6) is -0.471. The molecule has 1 aliphatic rings. The molecule has 0 aliphatic carbocycles. The summed E-state index contributed by atoms with van der Waals surface area (Å²) in [6, 6.07) is 12.7. The molecule has 8 heteroatoms. The molecule has 2 N–H and O–H groups in total. The molecule has 0 radical (unpaired) electrons. The van der Waals surface area contributed by atoms with Crippen molar-refractivity contribution in [2.75, 3.05) is 10.6 Å². The maximum Gasteiger partial charge on any atom is 0.248 e. The summed E-state index contributed by atoms with van der Waals surface area (Å²) in [5.41, 5.74) is 10.1. The molecule has 1 atom stereocenters. The fraction of sp³-hybridized carbons (Fsp3) is 0.200. The third-order valence-corrected chi connectivity index (χ3v) is 6.95. The molecule has 4 rings (SSSR count). The Balaban J connectivity index is 1.68. The highest BCUT2D eigenvalue weighted by Crippen LogP contribution is 2.37. The standard InChI is InChI=1S/C20H19N3O3S2/c1-12-8-16-9-13(6-7-18(16)23(12)28(2,25)26)17-11-27-20(22-17)15-5-3-4-14(10-15)19(21)24/h3-7,9-12H,8H2,1-2H3,(H2,21,24)/t12-/m0/s1. The van der Waals surface area contributed by atoms with E-state index in [9.17, 15) is 13.2 Å². The zero-order valence-corrected chi connectivity index (χ0v) is 17.0. The van der Waals surface area contributed by atoms with E-state index in [-0.39, 0.29) is 6.04 Å². The molecule has 0 bridgehead atoms. The van der Waals surface area contributed by atoms with Gasteiger partial charge < -0.3 is 5.73 Å². The van der Waals surface area contributed by atoms with E-state index in [4.69, 9.17) is 10.7 Å². The highest BCUT2D eigenvalue weighted by molar-refractivity contribution is 7.92. The maximum atomic E-state index is 12.1. The number of carbonyl (C=O) groups is 1. The van der Waals surface area contributed by atoms with Gasteiger partial charge in [-0.25, -0.2) is 13.4 Å². The number of anilines is 1. The Morgan fingerprint density at radius 1 is 1.21 bits per heavy atom. The molecule has 1 aromatic heterocycles. The second kappa shape index (κ2) is 6.72. The van der Waals surface area contributed by atoms with Crippen molar-refractivity contribution in [3.63, 3.8) is 0 Å². The van der Waals surface area contributed by atoms with Crippen LogP contribution in [0.2, 0.25) is 0 Å². The average molecular weight is 414 g/mol. The van der Waals surface area contributed by atoms with Crippen molar-refractivity contribution in [1.82, 2.24) is 4.98 Å². The number of aromatic nitrogens is 1. The zero-order valence-electron chi connectivity index (χ0n) is 15.4. The van der Waals surface area contributed by atoms with Gasteiger partial charge in [0.2, 0.25) is 15.9 Å². The first-order valence-electron chi connectivity index (χ1n) is 8.72. The summed E-state index contributed by atoms with van der Waals surface area (Å²) >= 11 is 1.49. The van der Waals surface area contributed by atoms with Gasteiger partial charge in [-0.1, -0.05) is 18.2 Å². The summed E-state index contributed by atoms with van der Waals surface area (Å²) < 4.78 is 25.6. The second-order valence-corrected chi connectivity index (χ2v) is 9.66. The first kappa shape index (κ1) is 18.6. The van der Waals surface area contributed by atoms with Crippen LogP contribution in [0.15, 0.2) is 47.8 Å². The van der Waals surface area contributed by atoms with E-state index in [0.29, 0.717) is 12.0 Å². The molecular formula is C20H19N3O3S2. The molecule has 2 aromatic carbocycles. The molecule has 1 amide bonds. The van der Waals surface area contributed by atoms with Crippen LogP contribution < -0.4 is 10.0 Å². The minimum absolute atomic E-state index is 0.0946. The van der Waals surface area contributed by atoms with Crippen LogP contribution in [-0.4, -0.2) is 31.6 Å². The second-order valence-electron chi connectivity index (χ2n) is 6.94. The van der Waals surface area contributed by atoms with Gasteiger partial charge in [-0.05, 0) is 43.2 Å². The molecule has 0 fully saturated rings. The number of primary amides is 1.